The number of nitrogens with two attached hydrogens (primary N) is 1. The first-order valence-corrected chi connectivity index (χ1v) is 7.82. The molecule has 1 aromatic heterocycles. The highest BCUT2D eigenvalue weighted by molar-refractivity contribution is 7.89. The smallest absolute Gasteiger partial charge is 0.238 e. The lowest BCUT2D eigenvalue weighted by Gasteiger charge is -2.05. The summed E-state index contributed by atoms with van der Waals surface area (Å²) in [7, 11) is -3.60. The molecule has 2 aromatic rings. The van der Waals surface area contributed by atoms with E-state index in [9.17, 15) is 8.42 Å². The molecule has 0 aliphatic heterocycles. The van der Waals surface area contributed by atoms with Crippen molar-refractivity contribution >= 4 is 10.0 Å². The third-order valence-corrected chi connectivity index (χ3v) is 3.85. The van der Waals surface area contributed by atoms with E-state index in [0.717, 1.165) is 25.1 Å². The van der Waals surface area contributed by atoms with Crippen LogP contribution in [0.5, 0.6) is 0 Å². The molecule has 0 bridgehead atoms. The van der Waals surface area contributed by atoms with E-state index in [0.29, 0.717) is 0 Å². The Labute approximate surface area is 118 Å². The van der Waals surface area contributed by atoms with Crippen molar-refractivity contribution in [2.45, 2.75) is 17.9 Å². The van der Waals surface area contributed by atoms with Gasteiger partial charge in [-0.25, -0.2) is 13.6 Å². The Morgan fingerprint density at radius 3 is 2.25 bits per heavy atom. The number of benzene rings is 1. The molecule has 3 N–H and O–H groups in total. The fraction of sp³-hybridized carbons (Fsp3) is 0.214. The number of sulfonamides is 1. The lowest BCUT2D eigenvalue weighted by atomic mass is 10.1. The van der Waals surface area contributed by atoms with Crippen LogP contribution < -0.4 is 10.5 Å². The third-order valence-electron chi connectivity index (χ3n) is 2.92. The van der Waals surface area contributed by atoms with Gasteiger partial charge < -0.3 is 5.32 Å². The highest BCUT2D eigenvalue weighted by Crippen LogP contribution is 2.09. The molecular formula is C14H17N3O2S. The molecule has 1 aromatic carbocycles. The van der Waals surface area contributed by atoms with E-state index in [2.05, 4.69) is 10.3 Å². The normalized spacial score (nSPS) is 11.4. The average Bonchev–Trinajstić information content (AvgIpc) is 2.44. The molecule has 0 spiro atoms. The maximum atomic E-state index is 11.1. The predicted molar refractivity (Wildman–Crippen MR) is 77.5 cm³/mol. The maximum absolute atomic E-state index is 11.1. The van der Waals surface area contributed by atoms with Gasteiger partial charge in [-0.15, -0.1) is 0 Å². The van der Waals surface area contributed by atoms with Crippen LogP contribution in [0, 0.1) is 0 Å². The van der Waals surface area contributed by atoms with Crippen LogP contribution in [0.25, 0.3) is 0 Å². The number of primary sulfonamides is 1. The molecule has 20 heavy (non-hydrogen) atoms. The standard InChI is InChI=1S/C14H17N3O2S/c15-20(18,19)14-3-1-12(2-4-14)5-10-17-11-13-6-8-16-9-7-13/h1-4,6-9,17H,5,10-11H2,(H2,15,18,19). The van der Waals surface area contributed by atoms with Crippen LogP contribution in [-0.2, 0) is 23.0 Å². The Kier molecular flexibility index (Phi) is 4.84. The third kappa shape index (κ3) is 4.41. The summed E-state index contributed by atoms with van der Waals surface area (Å²) in [5.74, 6) is 0. The van der Waals surface area contributed by atoms with Gasteiger partial charge in [-0.3, -0.25) is 4.98 Å². The van der Waals surface area contributed by atoms with Gasteiger partial charge in [-0.1, -0.05) is 12.1 Å². The lowest BCUT2D eigenvalue weighted by Crippen LogP contribution is -2.17. The number of pyridine rings is 1. The van der Waals surface area contributed by atoms with Crippen LogP contribution in [0.15, 0.2) is 53.7 Å². The number of aromatic nitrogens is 1. The molecule has 1 heterocycles. The molecular weight excluding hydrogens is 274 g/mol. The van der Waals surface area contributed by atoms with Crippen molar-refractivity contribution in [3.63, 3.8) is 0 Å². The Bertz CT molecular complexity index is 640. The highest BCUT2D eigenvalue weighted by Gasteiger charge is 2.06. The van der Waals surface area contributed by atoms with Gasteiger partial charge in [0.15, 0.2) is 0 Å². The van der Waals surface area contributed by atoms with Crippen molar-refractivity contribution in [1.29, 1.82) is 0 Å². The molecule has 6 heteroatoms. The van der Waals surface area contributed by atoms with E-state index in [1.807, 2.05) is 12.1 Å². The topological polar surface area (TPSA) is 85.1 Å². The Morgan fingerprint density at radius 1 is 1.00 bits per heavy atom. The van der Waals surface area contributed by atoms with Gasteiger partial charge in [-0.05, 0) is 48.4 Å². The first kappa shape index (κ1) is 14.6. The molecule has 0 radical (unpaired) electrons. The molecule has 5 nitrogen and oxygen atoms in total. The Balaban J connectivity index is 1.80. The lowest BCUT2D eigenvalue weighted by molar-refractivity contribution is 0.597. The summed E-state index contributed by atoms with van der Waals surface area (Å²) in [6.45, 7) is 1.61. The van der Waals surface area contributed by atoms with Crippen molar-refractivity contribution in [3.05, 3.63) is 59.9 Å². The van der Waals surface area contributed by atoms with Crippen molar-refractivity contribution < 1.29 is 8.42 Å². The molecule has 0 saturated heterocycles. The molecule has 0 fully saturated rings. The minimum absolute atomic E-state index is 0.144. The summed E-state index contributed by atoms with van der Waals surface area (Å²) in [4.78, 5) is 4.11. The van der Waals surface area contributed by atoms with Crippen LogP contribution in [0.3, 0.4) is 0 Å². The van der Waals surface area contributed by atoms with E-state index in [1.165, 1.54) is 17.7 Å². The summed E-state index contributed by atoms with van der Waals surface area (Å²) in [6.07, 6.45) is 4.36. The summed E-state index contributed by atoms with van der Waals surface area (Å²) in [5, 5.41) is 8.37. The number of nitrogens with zero attached hydrogens (tertiary/aromatic N) is 1. The zero-order chi connectivity index (χ0) is 14.4. The second kappa shape index (κ2) is 6.60. The van der Waals surface area contributed by atoms with Gasteiger partial charge in [0.25, 0.3) is 0 Å². The van der Waals surface area contributed by atoms with Crippen molar-refractivity contribution in [1.82, 2.24) is 10.3 Å². The van der Waals surface area contributed by atoms with Crippen molar-refractivity contribution in [2.75, 3.05) is 6.54 Å². The van der Waals surface area contributed by atoms with E-state index >= 15 is 0 Å². The molecule has 2 rings (SSSR count). The zero-order valence-corrected chi connectivity index (χ0v) is 11.8. The molecule has 0 amide bonds. The van der Waals surface area contributed by atoms with Crippen molar-refractivity contribution in [3.8, 4) is 0 Å². The van der Waals surface area contributed by atoms with E-state index < -0.39 is 10.0 Å². The Hall–Kier alpha value is -1.76. The maximum Gasteiger partial charge on any atom is 0.238 e. The summed E-state index contributed by atoms with van der Waals surface area (Å²) >= 11 is 0. The van der Waals surface area contributed by atoms with Gasteiger partial charge in [0.2, 0.25) is 10.0 Å². The quantitative estimate of drug-likeness (QED) is 0.779. The molecule has 0 aliphatic rings. The number of hydrogen-bond acceptors (Lipinski definition) is 4. The monoisotopic (exact) mass is 291 g/mol. The molecule has 0 unspecified atom stereocenters. The first-order chi connectivity index (χ1) is 9.55. The summed E-state index contributed by atoms with van der Waals surface area (Å²) in [6, 6.07) is 10.6. The van der Waals surface area contributed by atoms with Crippen LogP contribution in [0.1, 0.15) is 11.1 Å². The Morgan fingerprint density at radius 2 is 1.65 bits per heavy atom. The highest BCUT2D eigenvalue weighted by atomic mass is 32.2. The molecule has 106 valence electrons. The summed E-state index contributed by atoms with van der Waals surface area (Å²) in [5.41, 5.74) is 2.25. The molecule has 0 saturated carbocycles. The van der Waals surface area contributed by atoms with Gasteiger partial charge in [0, 0.05) is 18.9 Å². The minimum atomic E-state index is -3.60. The first-order valence-electron chi connectivity index (χ1n) is 6.27. The van der Waals surface area contributed by atoms with E-state index in [1.54, 1.807) is 24.5 Å². The van der Waals surface area contributed by atoms with E-state index in [4.69, 9.17) is 5.14 Å². The number of nitrogens with one attached hydrogen (secondary N) is 1. The predicted octanol–water partition coefficient (Wildman–Crippen LogP) is 1.06. The number of rotatable bonds is 6. The second-order valence-corrected chi connectivity index (χ2v) is 6.03. The fourth-order valence-corrected chi connectivity index (χ4v) is 2.33. The zero-order valence-electron chi connectivity index (χ0n) is 11.0. The van der Waals surface area contributed by atoms with Crippen LogP contribution in [-0.4, -0.2) is 19.9 Å². The van der Waals surface area contributed by atoms with Gasteiger partial charge >= 0.3 is 0 Å². The van der Waals surface area contributed by atoms with Gasteiger partial charge in [-0.2, -0.15) is 0 Å². The minimum Gasteiger partial charge on any atom is -0.312 e. The van der Waals surface area contributed by atoms with Crippen molar-refractivity contribution in [2.24, 2.45) is 5.14 Å². The molecule has 0 aliphatic carbocycles. The van der Waals surface area contributed by atoms with Crippen LogP contribution >= 0.6 is 0 Å². The largest absolute Gasteiger partial charge is 0.312 e. The average molecular weight is 291 g/mol. The fourth-order valence-electron chi connectivity index (χ4n) is 1.81. The van der Waals surface area contributed by atoms with E-state index in [-0.39, 0.29) is 4.90 Å². The molecule has 0 atom stereocenters. The SMILES string of the molecule is NS(=O)(=O)c1ccc(CCNCc2ccncc2)cc1. The van der Waals surface area contributed by atoms with Gasteiger partial charge in [0.05, 0.1) is 4.90 Å². The van der Waals surface area contributed by atoms with Crippen LogP contribution in [0.2, 0.25) is 0 Å². The van der Waals surface area contributed by atoms with Crippen LogP contribution in [0.4, 0.5) is 0 Å². The van der Waals surface area contributed by atoms with Gasteiger partial charge in [0.1, 0.15) is 0 Å². The summed E-state index contributed by atoms with van der Waals surface area (Å²) < 4.78 is 22.2. The number of hydrogen-bond donors (Lipinski definition) is 2. The second-order valence-electron chi connectivity index (χ2n) is 4.47.